The van der Waals surface area contributed by atoms with Crippen LogP contribution >= 0.6 is 11.6 Å². The molecule has 1 saturated heterocycles. The molecule has 1 fully saturated rings. The number of nitrogens with zero attached hydrogens (tertiary/aromatic N) is 1. The number of unbranched alkanes of at least 4 members (excludes halogenated alkanes) is 1. The number of amides is 1. The van der Waals surface area contributed by atoms with Gasteiger partial charge in [-0.1, -0.05) is 24.9 Å². The number of benzene rings is 1. The van der Waals surface area contributed by atoms with Crippen LogP contribution in [0, 0.1) is 0 Å². The zero-order valence-corrected chi connectivity index (χ0v) is 14.2. The van der Waals surface area contributed by atoms with E-state index in [0.717, 1.165) is 25.7 Å². The van der Waals surface area contributed by atoms with Crippen molar-refractivity contribution < 1.29 is 13.2 Å². The van der Waals surface area contributed by atoms with Gasteiger partial charge in [0.2, 0.25) is 15.9 Å². The Morgan fingerprint density at radius 3 is 2.64 bits per heavy atom. The molecule has 0 unspecified atom stereocenters. The summed E-state index contributed by atoms with van der Waals surface area (Å²) in [4.78, 5) is 11.8. The van der Waals surface area contributed by atoms with E-state index in [1.54, 1.807) is 6.07 Å². The Morgan fingerprint density at radius 1 is 1.32 bits per heavy atom. The minimum Gasteiger partial charge on any atom is -0.326 e. The number of nitrogens with one attached hydrogen (secondary N) is 1. The molecule has 122 valence electrons. The SMILES string of the molecule is CCCCC(=O)Nc1ccc(Cl)c(S(=O)(=O)N2CCCC2)c1. The first kappa shape index (κ1) is 17.2. The van der Waals surface area contributed by atoms with Gasteiger partial charge in [0.1, 0.15) is 4.90 Å². The fraction of sp³-hybridized carbons (Fsp3) is 0.533. The van der Waals surface area contributed by atoms with Gasteiger partial charge < -0.3 is 5.32 Å². The number of rotatable bonds is 6. The maximum absolute atomic E-state index is 12.6. The van der Waals surface area contributed by atoms with E-state index in [0.29, 0.717) is 25.2 Å². The molecule has 1 aliphatic rings. The van der Waals surface area contributed by atoms with Crippen LogP contribution in [0.2, 0.25) is 5.02 Å². The van der Waals surface area contributed by atoms with Crippen molar-refractivity contribution in [3.63, 3.8) is 0 Å². The highest BCUT2D eigenvalue weighted by molar-refractivity contribution is 7.89. The average molecular weight is 345 g/mol. The molecule has 0 spiro atoms. The van der Waals surface area contributed by atoms with Gasteiger partial charge in [0, 0.05) is 25.2 Å². The van der Waals surface area contributed by atoms with Gasteiger partial charge in [0.15, 0.2) is 0 Å². The van der Waals surface area contributed by atoms with Gasteiger partial charge in [0.05, 0.1) is 5.02 Å². The van der Waals surface area contributed by atoms with Crippen molar-refractivity contribution in [2.45, 2.75) is 43.9 Å². The second-order valence-electron chi connectivity index (χ2n) is 5.41. The Balaban J connectivity index is 2.21. The fourth-order valence-corrected chi connectivity index (χ4v) is 4.42. The molecule has 22 heavy (non-hydrogen) atoms. The molecule has 0 bridgehead atoms. The van der Waals surface area contributed by atoms with Gasteiger partial charge in [-0.05, 0) is 37.5 Å². The summed E-state index contributed by atoms with van der Waals surface area (Å²) >= 11 is 6.06. The van der Waals surface area contributed by atoms with Crippen LogP contribution in [0.5, 0.6) is 0 Å². The van der Waals surface area contributed by atoms with Crippen molar-refractivity contribution in [2.75, 3.05) is 18.4 Å². The number of hydrogen-bond acceptors (Lipinski definition) is 3. The highest BCUT2D eigenvalue weighted by atomic mass is 35.5. The molecule has 5 nitrogen and oxygen atoms in total. The molecule has 1 heterocycles. The molecule has 2 rings (SSSR count). The van der Waals surface area contributed by atoms with E-state index in [9.17, 15) is 13.2 Å². The summed E-state index contributed by atoms with van der Waals surface area (Å²) in [5, 5.41) is 2.91. The first-order valence-electron chi connectivity index (χ1n) is 7.54. The van der Waals surface area contributed by atoms with Gasteiger partial charge in [-0.2, -0.15) is 4.31 Å². The predicted octanol–water partition coefficient (Wildman–Crippen LogP) is 3.25. The lowest BCUT2D eigenvalue weighted by atomic mass is 10.2. The summed E-state index contributed by atoms with van der Waals surface area (Å²) in [6.07, 6.45) is 3.89. The Labute approximate surface area is 136 Å². The third-order valence-electron chi connectivity index (χ3n) is 3.66. The molecule has 0 aromatic heterocycles. The summed E-state index contributed by atoms with van der Waals surface area (Å²) < 4.78 is 26.6. The van der Waals surface area contributed by atoms with Crippen molar-refractivity contribution in [1.29, 1.82) is 0 Å². The quantitative estimate of drug-likeness (QED) is 0.861. The number of anilines is 1. The molecule has 1 amide bonds. The van der Waals surface area contributed by atoms with Crippen LogP contribution in [0.4, 0.5) is 5.69 Å². The van der Waals surface area contributed by atoms with Crippen molar-refractivity contribution in [2.24, 2.45) is 0 Å². The van der Waals surface area contributed by atoms with Crippen LogP contribution < -0.4 is 5.32 Å². The number of carbonyl (C=O) groups is 1. The van der Waals surface area contributed by atoms with Gasteiger partial charge in [0.25, 0.3) is 0 Å². The van der Waals surface area contributed by atoms with Crippen molar-refractivity contribution in [3.8, 4) is 0 Å². The maximum atomic E-state index is 12.6. The lowest BCUT2D eigenvalue weighted by molar-refractivity contribution is -0.116. The molecule has 1 aliphatic heterocycles. The normalized spacial score (nSPS) is 15.9. The minimum absolute atomic E-state index is 0.0596. The molecular formula is C15H21ClN2O3S. The minimum atomic E-state index is -3.59. The average Bonchev–Trinajstić information content (AvgIpc) is 3.02. The Kier molecular flexibility index (Phi) is 5.83. The van der Waals surface area contributed by atoms with Crippen molar-refractivity contribution in [1.82, 2.24) is 4.31 Å². The smallest absolute Gasteiger partial charge is 0.244 e. The van der Waals surface area contributed by atoms with Gasteiger partial charge in [-0.3, -0.25) is 4.79 Å². The third-order valence-corrected chi connectivity index (χ3v) is 6.04. The molecule has 1 aromatic rings. The van der Waals surface area contributed by atoms with Crippen LogP contribution in [-0.2, 0) is 14.8 Å². The zero-order valence-electron chi connectivity index (χ0n) is 12.6. The topological polar surface area (TPSA) is 66.5 Å². The van der Waals surface area contributed by atoms with Crippen LogP contribution in [0.3, 0.4) is 0 Å². The van der Waals surface area contributed by atoms with Crippen LogP contribution in [0.25, 0.3) is 0 Å². The Hall–Kier alpha value is -1.11. The van der Waals surface area contributed by atoms with E-state index in [4.69, 9.17) is 11.6 Å². The first-order valence-corrected chi connectivity index (χ1v) is 9.36. The Morgan fingerprint density at radius 2 is 2.00 bits per heavy atom. The molecular weight excluding hydrogens is 324 g/mol. The van der Waals surface area contributed by atoms with Crippen LogP contribution in [0.15, 0.2) is 23.1 Å². The molecule has 7 heteroatoms. The van der Waals surface area contributed by atoms with E-state index in [1.807, 2.05) is 6.92 Å². The highest BCUT2D eigenvalue weighted by Gasteiger charge is 2.29. The molecule has 1 N–H and O–H groups in total. The van der Waals surface area contributed by atoms with E-state index < -0.39 is 10.0 Å². The lowest BCUT2D eigenvalue weighted by Gasteiger charge is -2.17. The van der Waals surface area contributed by atoms with Gasteiger partial charge in [-0.15, -0.1) is 0 Å². The van der Waals surface area contributed by atoms with Crippen molar-refractivity contribution in [3.05, 3.63) is 23.2 Å². The second kappa shape index (κ2) is 7.44. The van der Waals surface area contributed by atoms with E-state index >= 15 is 0 Å². The first-order chi connectivity index (χ1) is 10.4. The van der Waals surface area contributed by atoms with E-state index in [2.05, 4.69) is 5.32 Å². The fourth-order valence-electron chi connectivity index (χ4n) is 2.41. The monoisotopic (exact) mass is 344 g/mol. The molecule has 0 radical (unpaired) electrons. The number of sulfonamides is 1. The highest BCUT2D eigenvalue weighted by Crippen LogP contribution is 2.29. The largest absolute Gasteiger partial charge is 0.326 e. The molecule has 1 aromatic carbocycles. The maximum Gasteiger partial charge on any atom is 0.244 e. The van der Waals surface area contributed by atoms with Crippen molar-refractivity contribution >= 4 is 33.2 Å². The Bertz CT molecular complexity index is 640. The van der Waals surface area contributed by atoms with Gasteiger partial charge in [-0.25, -0.2) is 8.42 Å². The predicted molar refractivity (Wildman–Crippen MR) is 87.6 cm³/mol. The lowest BCUT2D eigenvalue weighted by Crippen LogP contribution is -2.28. The van der Waals surface area contributed by atoms with E-state index in [1.165, 1.54) is 16.4 Å². The second-order valence-corrected chi connectivity index (χ2v) is 7.72. The van der Waals surface area contributed by atoms with Crippen LogP contribution in [-0.4, -0.2) is 31.7 Å². The number of carbonyl (C=O) groups excluding carboxylic acids is 1. The number of halogens is 1. The standard InChI is InChI=1S/C15H21ClN2O3S/c1-2-3-6-15(19)17-12-7-8-13(16)14(11-12)22(20,21)18-9-4-5-10-18/h7-8,11H,2-6,9-10H2,1H3,(H,17,19). The summed E-state index contributed by atoms with van der Waals surface area (Å²) in [5.74, 6) is -0.117. The third kappa shape index (κ3) is 4.00. The number of hydrogen-bond donors (Lipinski definition) is 1. The van der Waals surface area contributed by atoms with Gasteiger partial charge >= 0.3 is 0 Å². The molecule has 0 atom stereocenters. The summed E-state index contributed by atoms with van der Waals surface area (Å²) in [6.45, 7) is 3.05. The van der Waals surface area contributed by atoms with Crippen LogP contribution in [0.1, 0.15) is 39.0 Å². The zero-order chi connectivity index (χ0) is 16.2. The summed E-state index contributed by atoms with van der Waals surface area (Å²) in [7, 11) is -3.59. The summed E-state index contributed by atoms with van der Waals surface area (Å²) in [6, 6.07) is 4.58. The summed E-state index contributed by atoms with van der Waals surface area (Å²) in [5.41, 5.74) is 0.461. The molecule has 0 aliphatic carbocycles. The van der Waals surface area contributed by atoms with E-state index in [-0.39, 0.29) is 15.8 Å². The molecule has 0 saturated carbocycles.